The molecule has 98 valence electrons. The summed E-state index contributed by atoms with van der Waals surface area (Å²) >= 11 is 0. The standard InChI is InChI=1S/C13H12N2O4/c1-7-5-8(3-4-11(7)19-2)9-6-10(12(16)17)15-13(18)14-9/h3-6H,1-2H3,(H,16,17)(H,14,15,18). The van der Waals surface area contributed by atoms with Gasteiger partial charge in [-0.15, -0.1) is 0 Å². The van der Waals surface area contributed by atoms with Crippen molar-refractivity contribution in [2.75, 3.05) is 7.11 Å². The van der Waals surface area contributed by atoms with Crippen molar-refractivity contribution in [3.63, 3.8) is 0 Å². The van der Waals surface area contributed by atoms with Crippen LogP contribution in [0.3, 0.4) is 0 Å². The largest absolute Gasteiger partial charge is 0.496 e. The van der Waals surface area contributed by atoms with Crippen molar-refractivity contribution < 1.29 is 14.6 Å². The van der Waals surface area contributed by atoms with Crippen LogP contribution in [0.25, 0.3) is 11.3 Å². The van der Waals surface area contributed by atoms with Crippen LogP contribution in [-0.2, 0) is 0 Å². The maximum absolute atomic E-state index is 11.3. The Balaban J connectivity index is 2.55. The number of carboxylic acid groups (broad SMARTS) is 1. The summed E-state index contributed by atoms with van der Waals surface area (Å²) < 4.78 is 5.14. The number of H-pyrrole nitrogens is 1. The molecule has 1 aromatic carbocycles. The summed E-state index contributed by atoms with van der Waals surface area (Å²) in [6, 6.07) is 6.57. The number of methoxy groups -OCH3 is 1. The second kappa shape index (κ2) is 4.93. The molecule has 0 aliphatic rings. The quantitative estimate of drug-likeness (QED) is 0.871. The number of aryl methyl sites for hydroxylation is 1. The Kier molecular flexibility index (Phi) is 3.33. The van der Waals surface area contributed by atoms with Gasteiger partial charge < -0.3 is 9.84 Å². The van der Waals surface area contributed by atoms with Crippen LogP contribution in [0, 0.1) is 6.92 Å². The van der Waals surface area contributed by atoms with Gasteiger partial charge in [0.05, 0.1) is 12.8 Å². The van der Waals surface area contributed by atoms with Crippen LogP contribution in [0.15, 0.2) is 29.1 Å². The predicted molar refractivity (Wildman–Crippen MR) is 68.5 cm³/mol. The zero-order chi connectivity index (χ0) is 14.0. The molecule has 19 heavy (non-hydrogen) atoms. The molecule has 0 bridgehead atoms. The second-order valence-electron chi connectivity index (χ2n) is 3.97. The van der Waals surface area contributed by atoms with Gasteiger partial charge in [0.25, 0.3) is 0 Å². The Bertz CT molecular complexity index is 691. The van der Waals surface area contributed by atoms with Crippen molar-refractivity contribution in [2.45, 2.75) is 6.92 Å². The predicted octanol–water partition coefficient (Wildman–Crippen LogP) is 1.45. The van der Waals surface area contributed by atoms with E-state index in [2.05, 4.69) is 9.97 Å². The van der Waals surface area contributed by atoms with Crippen molar-refractivity contribution in [1.82, 2.24) is 9.97 Å². The highest BCUT2D eigenvalue weighted by Crippen LogP contribution is 2.24. The van der Waals surface area contributed by atoms with Gasteiger partial charge in [0.1, 0.15) is 11.4 Å². The Morgan fingerprint density at radius 3 is 2.68 bits per heavy atom. The summed E-state index contributed by atoms with van der Waals surface area (Å²) in [5.41, 5.74) is 0.963. The first-order valence-corrected chi connectivity index (χ1v) is 5.51. The lowest BCUT2D eigenvalue weighted by Gasteiger charge is -2.07. The van der Waals surface area contributed by atoms with E-state index >= 15 is 0 Å². The van der Waals surface area contributed by atoms with E-state index in [0.29, 0.717) is 17.0 Å². The molecule has 0 spiro atoms. The summed E-state index contributed by atoms with van der Waals surface area (Å²) in [6.45, 7) is 1.85. The lowest BCUT2D eigenvalue weighted by molar-refractivity contribution is 0.0690. The van der Waals surface area contributed by atoms with Crippen LogP contribution in [0.1, 0.15) is 16.1 Å². The van der Waals surface area contributed by atoms with Gasteiger partial charge in [0.15, 0.2) is 0 Å². The van der Waals surface area contributed by atoms with Crippen LogP contribution >= 0.6 is 0 Å². The van der Waals surface area contributed by atoms with Gasteiger partial charge >= 0.3 is 11.7 Å². The minimum absolute atomic E-state index is 0.191. The van der Waals surface area contributed by atoms with Gasteiger partial charge in [-0.3, -0.25) is 4.98 Å². The zero-order valence-corrected chi connectivity index (χ0v) is 10.4. The van der Waals surface area contributed by atoms with E-state index in [0.717, 1.165) is 5.56 Å². The number of rotatable bonds is 3. The fraction of sp³-hybridized carbons (Fsp3) is 0.154. The van der Waals surface area contributed by atoms with Gasteiger partial charge in [-0.2, -0.15) is 4.98 Å². The summed E-state index contributed by atoms with van der Waals surface area (Å²) in [7, 11) is 1.57. The number of hydrogen-bond acceptors (Lipinski definition) is 4. The topological polar surface area (TPSA) is 92.3 Å². The van der Waals surface area contributed by atoms with E-state index in [4.69, 9.17) is 9.84 Å². The lowest BCUT2D eigenvalue weighted by Crippen LogP contribution is -2.16. The monoisotopic (exact) mass is 260 g/mol. The smallest absolute Gasteiger partial charge is 0.352 e. The first-order chi connectivity index (χ1) is 9.01. The molecule has 6 heteroatoms. The molecule has 2 N–H and O–H groups in total. The van der Waals surface area contributed by atoms with Crippen LogP contribution in [-0.4, -0.2) is 28.2 Å². The third-order valence-corrected chi connectivity index (χ3v) is 2.67. The first kappa shape index (κ1) is 12.8. The number of carboxylic acids is 1. The molecule has 0 saturated carbocycles. The molecular weight excluding hydrogens is 248 g/mol. The van der Waals surface area contributed by atoms with E-state index in [-0.39, 0.29) is 5.69 Å². The molecule has 1 heterocycles. The first-order valence-electron chi connectivity index (χ1n) is 5.51. The molecule has 0 fully saturated rings. The number of nitrogens with zero attached hydrogens (tertiary/aromatic N) is 1. The average Bonchev–Trinajstić information content (AvgIpc) is 2.37. The Labute approximate surface area is 108 Å². The number of aromatic amines is 1. The van der Waals surface area contributed by atoms with Crippen LogP contribution < -0.4 is 10.4 Å². The van der Waals surface area contributed by atoms with Crippen molar-refractivity contribution in [3.8, 4) is 17.0 Å². The van der Waals surface area contributed by atoms with Gasteiger partial charge in [-0.05, 0) is 36.8 Å². The Morgan fingerprint density at radius 1 is 1.37 bits per heavy atom. The third-order valence-electron chi connectivity index (χ3n) is 2.67. The molecule has 0 radical (unpaired) electrons. The molecular formula is C13H12N2O4. The molecule has 0 atom stereocenters. The van der Waals surface area contributed by atoms with Crippen LogP contribution in [0.5, 0.6) is 5.75 Å². The minimum atomic E-state index is -1.20. The van der Waals surface area contributed by atoms with Crippen molar-refractivity contribution in [3.05, 3.63) is 46.0 Å². The van der Waals surface area contributed by atoms with E-state index in [1.54, 1.807) is 25.3 Å². The summed E-state index contributed by atoms with van der Waals surface area (Å²) in [5.74, 6) is -0.488. The zero-order valence-electron chi connectivity index (χ0n) is 10.4. The SMILES string of the molecule is COc1ccc(-c2cc(C(=O)O)[nH]c(=O)n2)cc1C. The molecule has 0 amide bonds. The van der Waals surface area contributed by atoms with Crippen molar-refractivity contribution >= 4 is 5.97 Å². The fourth-order valence-corrected chi connectivity index (χ4v) is 1.76. The molecule has 0 aliphatic heterocycles. The number of carbonyl (C=O) groups is 1. The summed E-state index contributed by atoms with van der Waals surface area (Å²) in [5, 5.41) is 8.90. The number of ether oxygens (including phenoxy) is 1. The summed E-state index contributed by atoms with van der Waals surface area (Å²) in [4.78, 5) is 28.2. The van der Waals surface area contributed by atoms with E-state index in [9.17, 15) is 9.59 Å². The van der Waals surface area contributed by atoms with Gasteiger partial charge in [0.2, 0.25) is 0 Å². The molecule has 0 saturated heterocycles. The molecule has 0 unspecified atom stereocenters. The van der Waals surface area contributed by atoms with Crippen LogP contribution in [0.4, 0.5) is 0 Å². The maximum Gasteiger partial charge on any atom is 0.352 e. The Hall–Kier alpha value is -2.63. The number of aromatic nitrogens is 2. The fourth-order valence-electron chi connectivity index (χ4n) is 1.76. The van der Waals surface area contributed by atoms with Crippen molar-refractivity contribution in [1.29, 1.82) is 0 Å². The molecule has 0 aliphatic carbocycles. The van der Waals surface area contributed by atoms with Gasteiger partial charge in [-0.1, -0.05) is 0 Å². The van der Waals surface area contributed by atoms with Crippen LogP contribution in [0.2, 0.25) is 0 Å². The lowest BCUT2D eigenvalue weighted by atomic mass is 10.1. The van der Waals surface area contributed by atoms with Gasteiger partial charge in [-0.25, -0.2) is 9.59 Å². The van der Waals surface area contributed by atoms with E-state index in [1.165, 1.54) is 6.07 Å². The normalized spacial score (nSPS) is 10.2. The average molecular weight is 260 g/mol. The number of nitrogens with one attached hydrogen (secondary N) is 1. The number of hydrogen-bond donors (Lipinski definition) is 2. The Morgan fingerprint density at radius 2 is 2.11 bits per heavy atom. The highest BCUT2D eigenvalue weighted by molar-refractivity contribution is 5.86. The van der Waals surface area contributed by atoms with Gasteiger partial charge in [0, 0.05) is 5.56 Å². The maximum atomic E-state index is 11.3. The molecule has 2 aromatic rings. The summed E-state index contributed by atoms with van der Waals surface area (Å²) in [6.07, 6.45) is 0. The van der Waals surface area contributed by atoms with E-state index in [1.807, 2.05) is 6.92 Å². The highest BCUT2D eigenvalue weighted by Gasteiger charge is 2.10. The molecule has 6 nitrogen and oxygen atoms in total. The molecule has 1 aromatic heterocycles. The highest BCUT2D eigenvalue weighted by atomic mass is 16.5. The third kappa shape index (κ3) is 2.62. The minimum Gasteiger partial charge on any atom is -0.496 e. The van der Waals surface area contributed by atoms with E-state index < -0.39 is 11.7 Å². The second-order valence-corrected chi connectivity index (χ2v) is 3.97. The number of aromatic carboxylic acids is 1. The molecule has 2 rings (SSSR count). The van der Waals surface area contributed by atoms with Crippen molar-refractivity contribution in [2.24, 2.45) is 0 Å². The number of benzene rings is 1.